The second-order valence-electron chi connectivity index (χ2n) is 2.80. The monoisotopic (exact) mass is 221 g/mol. The Labute approximate surface area is 90.6 Å². The number of carboxylic acid groups (broad SMARTS) is 1. The quantitative estimate of drug-likeness (QED) is 0.276. The molecule has 0 bridgehead atoms. The maximum absolute atomic E-state index is 10.5. The Hall–Kier alpha value is -2.55. The average molecular weight is 221 g/mol. The molecule has 0 amide bonds. The highest BCUT2D eigenvalue weighted by molar-refractivity contribution is 5.62. The number of ether oxygens (including phenoxy) is 1. The molecule has 1 aromatic rings. The molecule has 6 heteroatoms. The van der Waals surface area contributed by atoms with E-state index in [1.54, 1.807) is 0 Å². The number of terminal acetylenes is 1. The molecule has 16 heavy (non-hydrogen) atoms. The number of nitro groups is 1. The summed E-state index contributed by atoms with van der Waals surface area (Å²) in [5, 5.41) is 18.9. The average Bonchev–Trinajstić information content (AvgIpc) is 2.20. The summed E-state index contributed by atoms with van der Waals surface area (Å²) in [6.45, 7) is 0. The highest BCUT2D eigenvalue weighted by atomic mass is 16.7. The lowest BCUT2D eigenvalue weighted by Crippen LogP contribution is -2.05. The number of hydrogen-bond donors (Lipinski definition) is 1. The van der Waals surface area contributed by atoms with Gasteiger partial charge in [0.25, 0.3) is 5.69 Å². The van der Waals surface area contributed by atoms with Crippen molar-refractivity contribution >= 4 is 11.8 Å². The molecule has 0 saturated heterocycles. The van der Waals surface area contributed by atoms with Crippen LogP contribution in [0, 0.1) is 22.5 Å². The number of hydrogen-bond acceptors (Lipinski definition) is 4. The molecular formula is C10H7NO5. The molecule has 1 rings (SSSR count). The summed E-state index contributed by atoms with van der Waals surface area (Å²) in [5.41, 5.74) is 0.127. The lowest BCUT2D eigenvalue weighted by atomic mass is 10.1. The molecule has 82 valence electrons. The Kier molecular flexibility index (Phi) is 3.45. The summed E-state index contributed by atoms with van der Waals surface area (Å²) in [4.78, 5) is 20.2. The van der Waals surface area contributed by atoms with Gasteiger partial charge in [-0.3, -0.25) is 10.1 Å². The van der Waals surface area contributed by atoms with Crippen molar-refractivity contribution in [1.82, 2.24) is 0 Å². The van der Waals surface area contributed by atoms with Crippen LogP contribution in [0.1, 0.15) is 5.56 Å². The molecule has 1 aromatic carbocycles. The van der Waals surface area contributed by atoms with Crippen LogP contribution in [0.25, 0.3) is 0 Å². The van der Waals surface area contributed by atoms with Gasteiger partial charge in [0.1, 0.15) is 5.75 Å². The third-order valence-corrected chi connectivity index (χ3v) is 1.74. The van der Waals surface area contributed by atoms with E-state index in [-0.39, 0.29) is 17.9 Å². The van der Waals surface area contributed by atoms with Crippen molar-refractivity contribution in [2.75, 3.05) is 0 Å². The Morgan fingerprint density at radius 1 is 1.62 bits per heavy atom. The van der Waals surface area contributed by atoms with Crippen molar-refractivity contribution < 1.29 is 19.6 Å². The van der Waals surface area contributed by atoms with Gasteiger partial charge in [-0.05, 0) is 6.07 Å². The first kappa shape index (κ1) is 11.5. The van der Waals surface area contributed by atoms with Crippen molar-refractivity contribution in [3.05, 3.63) is 33.9 Å². The number of rotatable bonds is 3. The number of non-ortho nitro benzene ring substituents is 1. The summed E-state index contributed by atoms with van der Waals surface area (Å²) in [5.74, 6) is 2.28. The Balaban J connectivity index is 3.14. The SMILES string of the molecule is C#CCc1cc([N+](=O)[O-])ccc1OC(=O)O. The maximum Gasteiger partial charge on any atom is 0.511 e. The lowest BCUT2D eigenvalue weighted by molar-refractivity contribution is -0.384. The maximum atomic E-state index is 10.5. The van der Waals surface area contributed by atoms with Crippen LogP contribution >= 0.6 is 0 Å². The second-order valence-corrected chi connectivity index (χ2v) is 2.80. The summed E-state index contributed by atoms with van der Waals surface area (Å²) in [7, 11) is 0. The van der Waals surface area contributed by atoms with E-state index in [2.05, 4.69) is 10.7 Å². The summed E-state index contributed by atoms with van der Waals surface area (Å²) in [6, 6.07) is 3.55. The van der Waals surface area contributed by atoms with Crippen LogP contribution in [0.2, 0.25) is 0 Å². The van der Waals surface area contributed by atoms with Gasteiger partial charge < -0.3 is 9.84 Å². The number of carbonyl (C=O) groups is 1. The van der Waals surface area contributed by atoms with Crippen molar-refractivity contribution in [3.8, 4) is 18.1 Å². The van der Waals surface area contributed by atoms with Gasteiger partial charge in [0, 0.05) is 24.1 Å². The van der Waals surface area contributed by atoms with E-state index < -0.39 is 11.1 Å². The highest BCUT2D eigenvalue weighted by Crippen LogP contribution is 2.24. The molecule has 0 radical (unpaired) electrons. The first-order chi connectivity index (χ1) is 7.54. The molecule has 0 saturated carbocycles. The third kappa shape index (κ3) is 2.72. The Bertz CT molecular complexity index is 475. The van der Waals surface area contributed by atoms with Crippen molar-refractivity contribution in [2.24, 2.45) is 0 Å². The summed E-state index contributed by atoms with van der Waals surface area (Å²) >= 11 is 0. The Morgan fingerprint density at radius 2 is 2.31 bits per heavy atom. The van der Waals surface area contributed by atoms with E-state index >= 15 is 0 Å². The van der Waals surface area contributed by atoms with Gasteiger partial charge in [-0.2, -0.15) is 0 Å². The van der Waals surface area contributed by atoms with Crippen LogP contribution in [-0.2, 0) is 6.42 Å². The topological polar surface area (TPSA) is 89.7 Å². The van der Waals surface area contributed by atoms with Crippen LogP contribution in [0.3, 0.4) is 0 Å². The summed E-state index contributed by atoms with van der Waals surface area (Å²) < 4.78 is 4.43. The van der Waals surface area contributed by atoms with Crippen molar-refractivity contribution in [2.45, 2.75) is 6.42 Å². The minimum absolute atomic E-state index is 0.0102. The summed E-state index contributed by atoms with van der Waals surface area (Å²) in [6.07, 6.45) is 3.63. The second kappa shape index (κ2) is 4.79. The van der Waals surface area contributed by atoms with Crippen LogP contribution in [0.15, 0.2) is 18.2 Å². The predicted molar refractivity (Wildman–Crippen MR) is 54.3 cm³/mol. The number of benzene rings is 1. The molecular weight excluding hydrogens is 214 g/mol. The van der Waals surface area contributed by atoms with E-state index in [1.807, 2.05) is 0 Å². The first-order valence-electron chi connectivity index (χ1n) is 4.16. The number of nitrogens with zero attached hydrogens (tertiary/aromatic N) is 1. The number of nitro benzene ring substituents is 1. The fourth-order valence-electron chi connectivity index (χ4n) is 1.12. The van der Waals surface area contributed by atoms with E-state index in [0.29, 0.717) is 5.56 Å². The molecule has 0 fully saturated rings. The van der Waals surface area contributed by atoms with Gasteiger partial charge in [-0.25, -0.2) is 4.79 Å². The highest BCUT2D eigenvalue weighted by Gasteiger charge is 2.13. The molecule has 0 aliphatic rings. The third-order valence-electron chi connectivity index (χ3n) is 1.74. The van der Waals surface area contributed by atoms with Gasteiger partial charge in [0.2, 0.25) is 0 Å². The fourth-order valence-corrected chi connectivity index (χ4v) is 1.12. The van der Waals surface area contributed by atoms with Gasteiger partial charge in [-0.1, -0.05) is 0 Å². The molecule has 1 N–H and O–H groups in total. The zero-order valence-electron chi connectivity index (χ0n) is 8.04. The van der Waals surface area contributed by atoms with Crippen LogP contribution in [0.4, 0.5) is 10.5 Å². The van der Waals surface area contributed by atoms with Crippen LogP contribution in [0.5, 0.6) is 5.75 Å². The molecule has 0 aliphatic carbocycles. The largest absolute Gasteiger partial charge is 0.511 e. The standard InChI is InChI=1S/C10H7NO5/c1-2-3-7-6-8(11(14)15)4-5-9(7)16-10(12)13/h1,4-6H,3H2,(H,12,13). The van der Waals surface area contributed by atoms with E-state index in [1.165, 1.54) is 12.1 Å². The zero-order valence-corrected chi connectivity index (χ0v) is 8.04. The zero-order chi connectivity index (χ0) is 12.1. The van der Waals surface area contributed by atoms with Gasteiger partial charge in [0.15, 0.2) is 0 Å². The molecule has 0 aromatic heterocycles. The smallest absolute Gasteiger partial charge is 0.449 e. The first-order valence-corrected chi connectivity index (χ1v) is 4.16. The van der Waals surface area contributed by atoms with Crippen LogP contribution < -0.4 is 4.74 Å². The minimum atomic E-state index is -1.49. The fraction of sp³-hybridized carbons (Fsp3) is 0.100. The van der Waals surface area contributed by atoms with Gasteiger partial charge >= 0.3 is 6.16 Å². The van der Waals surface area contributed by atoms with E-state index in [9.17, 15) is 14.9 Å². The molecule has 0 heterocycles. The molecule has 0 atom stereocenters. The molecule has 6 nitrogen and oxygen atoms in total. The normalized spacial score (nSPS) is 9.19. The van der Waals surface area contributed by atoms with Gasteiger partial charge in [0.05, 0.1) is 4.92 Å². The van der Waals surface area contributed by atoms with Crippen molar-refractivity contribution in [1.29, 1.82) is 0 Å². The molecule has 0 unspecified atom stereocenters. The Morgan fingerprint density at radius 3 is 2.81 bits per heavy atom. The van der Waals surface area contributed by atoms with Gasteiger partial charge in [-0.15, -0.1) is 12.3 Å². The van der Waals surface area contributed by atoms with Crippen molar-refractivity contribution in [3.63, 3.8) is 0 Å². The van der Waals surface area contributed by atoms with E-state index in [4.69, 9.17) is 11.5 Å². The predicted octanol–water partition coefficient (Wildman–Crippen LogP) is 1.83. The minimum Gasteiger partial charge on any atom is -0.449 e. The molecule has 0 aliphatic heterocycles. The van der Waals surface area contributed by atoms with Crippen LogP contribution in [-0.4, -0.2) is 16.2 Å². The lowest BCUT2D eigenvalue weighted by Gasteiger charge is -2.04. The van der Waals surface area contributed by atoms with E-state index in [0.717, 1.165) is 6.07 Å². The molecule has 0 spiro atoms.